The summed E-state index contributed by atoms with van der Waals surface area (Å²) in [7, 11) is 0. The molecule has 20 heavy (non-hydrogen) atoms. The van der Waals surface area contributed by atoms with Gasteiger partial charge in [0.05, 0.1) is 5.69 Å². The number of halogens is 1. The van der Waals surface area contributed by atoms with Gasteiger partial charge in [-0.1, -0.05) is 11.6 Å². The molecule has 0 fully saturated rings. The number of nitrogens with two attached hydrogens (primary N) is 1. The molecule has 0 saturated heterocycles. The van der Waals surface area contributed by atoms with Gasteiger partial charge in [-0.15, -0.1) is 5.10 Å². The summed E-state index contributed by atoms with van der Waals surface area (Å²) >= 11 is 5.70. The molecule has 0 unspecified atom stereocenters. The van der Waals surface area contributed by atoms with E-state index in [2.05, 4.69) is 15.4 Å². The van der Waals surface area contributed by atoms with Gasteiger partial charge in [-0.2, -0.15) is 9.67 Å². The molecule has 8 nitrogen and oxygen atoms in total. The predicted octanol–water partition coefficient (Wildman–Crippen LogP) is 0.983. The van der Waals surface area contributed by atoms with Crippen LogP contribution in [0.3, 0.4) is 0 Å². The van der Waals surface area contributed by atoms with E-state index in [-0.39, 0.29) is 23.2 Å². The fourth-order valence-corrected chi connectivity index (χ4v) is 1.60. The van der Waals surface area contributed by atoms with E-state index in [4.69, 9.17) is 17.3 Å². The highest BCUT2D eigenvalue weighted by Crippen LogP contribution is 2.28. The van der Waals surface area contributed by atoms with Crippen LogP contribution in [0, 0.1) is 0 Å². The number of phenols is 1. The van der Waals surface area contributed by atoms with Gasteiger partial charge in [0, 0.05) is 18.0 Å². The molecule has 1 aromatic carbocycles. The van der Waals surface area contributed by atoms with E-state index < -0.39 is 11.5 Å². The lowest BCUT2D eigenvalue weighted by molar-refractivity contribution is 0.0915. The van der Waals surface area contributed by atoms with Crippen molar-refractivity contribution < 1.29 is 9.90 Å². The molecule has 0 aliphatic rings. The second kappa shape index (κ2) is 5.17. The van der Waals surface area contributed by atoms with Crippen molar-refractivity contribution in [2.75, 3.05) is 11.1 Å². The zero-order valence-corrected chi connectivity index (χ0v) is 11.0. The summed E-state index contributed by atoms with van der Waals surface area (Å²) in [6.45, 7) is 1.16. The third kappa shape index (κ3) is 2.69. The Kier molecular flexibility index (Phi) is 3.57. The number of phenolic OH excluding ortho intramolecular Hbond substituents is 1. The maximum Gasteiger partial charge on any atom is 0.316 e. The minimum Gasteiger partial charge on any atom is -0.506 e. The van der Waals surface area contributed by atoms with E-state index in [0.29, 0.717) is 9.70 Å². The van der Waals surface area contributed by atoms with E-state index in [1.807, 2.05) is 0 Å². The van der Waals surface area contributed by atoms with Gasteiger partial charge in [-0.05, 0) is 12.1 Å². The first-order valence-corrected chi connectivity index (χ1v) is 5.79. The zero-order valence-electron chi connectivity index (χ0n) is 10.3. The third-order valence-corrected chi connectivity index (χ3v) is 2.57. The van der Waals surface area contributed by atoms with Crippen LogP contribution in [0.4, 0.5) is 17.5 Å². The summed E-state index contributed by atoms with van der Waals surface area (Å²) in [6, 6.07) is 4.34. The number of anilines is 3. The molecule has 0 aliphatic heterocycles. The molecule has 0 radical (unpaired) electrons. The highest BCUT2D eigenvalue weighted by atomic mass is 35.5. The van der Waals surface area contributed by atoms with Crippen LogP contribution in [-0.4, -0.2) is 25.8 Å². The van der Waals surface area contributed by atoms with E-state index in [1.54, 1.807) is 0 Å². The topological polar surface area (TPSA) is 123 Å². The monoisotopic (exact) mass is 295 g/mol. The molecule has 2 aromatic rings. The van der Waals surface area contributed by atoms with Gasteiger partial charge in [0.15, 0.2) is 5.82 Å². The predicted molar refractivity (Wildman–Crippen MR) is 73.4 cm³/mol. The lowest BCUT2D eigenvalue weighted by Gasteiger charge is -2.08. The minimum absolute atomic E-state index is 0.102. The maximum atomic E-state index is 11.5. The highest BCUT2D eigenvalue weighted by Gasteiger charge is 2.12. The molecule has 0 atom stereocenters. The Morgan fingerprint density at radius 2 is 2.20 bits per heavy atom. The Morgan fingerprint density at radius 1 is 1.50 bits per heavy atom. The molecule has 0 bridgehead atoms. The normalized spacial score (nSPS) is 10.3. The van der Waals surface area contributed by atoms with Crippen molar-refractivity contribution in [3.05, 3.63) is 33.6 Å². The van der Waals surface area contributed by atoms with Gasteiger partial charge in [-0.3, -0.25) is 9.59 Å². The number of aromatic hydroxyl groups is 1. The molecule has 9 heteroatoms. The van der Waals surface area contributed by atoms with E-state index in [0.717, 1.165) is 6.92 Å². The number of nitrogens with one attached hydrogen (secondary N) is 1. The van der Waals surface area contributed by atoms with Crippen LogP contribution >= 0.6 is 11.6 Å². The Bertz CT molecular complexity index is 743. The first-order chi connectivity index (χ1) is 9.38. The number of nitrogen functional groups attached to an aromatic ring is 1. The molecular formula is C11H10ClN5O3. The molecule has 2 rings (SSSR count). The minimum atomic E-state index is -0.802. The smallest absolute Gasteiger partial charge is 0.316 e. The van der Waals surface area contributed by atoms with Gasteiger partial charge in [-0.25, -0.2) is 0 Å². The Labute approximate surface area is 117 Å². The Hall–Kier alpha value is -2.61. The number of carbonyl (C=O) groups excluding carboxylic acids is 1. The van der Waals surface area contributed by atoms with Crippen molar-refractivity contribution in [2.45, 2.75) is 6.92 Å². The van der Waals surface area contributed by atoms with Crippen molar-refractivity contribution in [2.24, 2.45) is 0 Å². The summed E-state index contributed by atoms with van der Waals surface area (Å²) in [5.74, 6) is -1.23. The number of aromatic nitrogens is 3. The van der Waals surface area contributed by atoms with Crippen LogP contribution in [0.5, 0.6) is 5.75 Å². The van der Waals surface area contributed by atoms with Crippen LogP contribution < -0.4 is 16.6 Å². The average molecular weight is 296 g/mol. The fourth-order valence-electron chi connectivity index (χ4n) is 1.43. The number of benzene rings is 1. The summed E-state index contributed by atoms with van der Waals surface area (Å²) in [4.78, 5) is 26.5. The highest BCUT2D eigenvalue weighted by molar-refractivity contribution is 6.30. The second-order valence-corrected chi connectivity index (χ2v) is 4.28. The first-order valence-electron chi connectivity index (χ1n) is 5.42. The van der Waals surface area contributed by atoms with Gasteiger partial charge >= 0.3 is 5.56 Å². The van der Waals surface area contributed by atoms with Crippen molar-refractivity contribution in [1.82, 2.24) is 14.8 Å². The molecule has 0 saturated carbocycles. The molecule has 4 N–H and O–H groups in total. The van der Waals surface area contributed by atoms with Gasteiger partial charge in [0.25, 0.3) is 0 Å². The molecule has 1 heterocycles. The molecular weight excluding hydrogens is 286 g/mol. The zero-order chi connectivity index (χ0) is 14.9. The number of nitrogens with zero attached hydrogens (tertiary/aromatic N) is 3. The Morgan fingerprint density at radius 3 is 2.80 bits per heavy atom. The van der Waals surface area contributed by atoms with E-state index >= 15 is 0 Å². The second-order valence-electron chi connectivity index (χ2n) is 3.84. The average Bonchev–Trinajstić information content (AvgIpc) is 2.36. The van der Waals surface area contributed by atoms with Crippen LogP contribution in [0.2, 0.25) is 5.02 Å². The fraction of sp³-hybridized carbons (Fsp3) is 0.0909. The lowest BCUT2D eigenvalue weighted by Crippen LogP contribution is -2.31. The van der Waals surface area contributed by atoms with Gasteiger partial charge < -0.3 is 16.2 Å². The number of rotatable bonds is 2. The van der Waals surface area contributed by atoms with Crippen molar-refractivity contribution in [3.8, 4) is 5.75 Å². The van der Waals surface area contributed by atoms with Gasteiger partial charge in [0.2, 0.25) is 11.9 Å². The molecule has 0 spiro atoms. The lowest BCUT2D eigenvalue weighted by atomic mass is 10.3. The third-order valence-electron chi connectivity index (χ3n) is 2.34. The molecule has 0 amide bonds. The summed E-state index contributed by atoms with van der Waals surface area (Å²) in [5.41, 5.74) is 4.86. The standard InChI is InChI=1S/C11H10ClN5O3/c1-5(18)17-10(20)9(13)15-11(16-17)14-7-3-2-6(12)4-8(7)19/h2-4,19H,1H3,(H3,13,14,15,16). The van der Waals surface area contributed by atoms with Crippen LogP contribution in [0.1, 0.15) is 11.7 Å². The van der Waals surface area contributed by atoms with Crippen LogP contribution in [0.15, 0.2) is 23.0 Å². The summed E-state index contributed by atoms with van der Waals surface area (Å²) in [5, 5.41) is 16.4. The largest absolute Gasteiger partial charge is 0.506 e. The Balaban J connectivity index is 2.44. The van der Waals surface area contributed by atoms with Crippen molar-refractivity contribution in [3.63, 3.8) is 0 Å². The van der Waals surface area contributed by atoms with Crippen LogP contribution in [-0.2, 0) is 0 Å². The summed E-state index contributed by atoms with van der Waals surface area (Å²) < 4.78 is 0.581. The van der Waals surface area contributed by atoms with Crippen molar-refractivity contribution in [1.29, 1.82) is 0 Å². The maximum absolute atomic E-state index is 11.5. The number of hydrogen-bond donors (Lipinski definition) is 3. The molecule has 1 aromatic heterocycles. The van der Waals surface area contributed by atoms with E-state index in [9.17, 15) is 14.7 Å². The number of hydrogen-bond acceptors (Lipinski definition) is 7. The number of carbonyl (C=O) groups is 1. The molecule has 104 valence electrons. The summed E-state index contributed by atoms with van der Waals surface area (Å²) in [6.07, 6.45) is 0. The quantitative estimate of drug-likeness (QED) is 0.706. The first kappa shape index (κ1) is 13.8. The van der Waals surface area contributed by atoms with Crippen molar-refractivity contribution >= 4 is 35.0 Å². The SMILES string of the molecule is CC(=O)n1nc(Nc2ccc(Cl)cc2O)nc(N)c1=O. The van der Waals surface area contributed by atoms with E-state index in [1.165, 1.54) is 18.2 Å². The van der Waals surface area contributed by atoms with Gasteiger partial charge in [0.1, 0.15) is 5.75 Å². The van der Waals surface area contributed by atoms with Crippen LogP contribution in [0.25, 0.3) is 0 Å². The molecule has 0 aliphatic carbocycles.